The van der Waals surface area contributed by atoms with E-state index in [1.807, 2.05) is 29.1 Å². The summed E-state index contributed by atoms with van der Waals surface area (Å²) in [5.41, 5.74) is 1.26. The number of nitrogens with one attached hydrogen (secondary N) is 1. The molecule has 3 fully saturated rings. The quantitative estimate of drug-likeness (QED) is 0.588. The predicted molar refractivity (Wildman–Crippen MR) is 155 cm³/mol. The van der Waals surface area contributed by atoms with Gasteiger partial charge in [-0.1, -0.05) is 24.3 Å². The van der Waals surface area contributed by atoms with Crippen molar-refractivity contribution in [2.45, 2.75) is 88.8 Å². The second kappa shape index (κ2) is 13.1. The Balaban J connectivity index is 1.26. The van der Waals surface area contributed by atoms with Gasteiger partial charge in [-0.2, -0.15) is 0 Å². The molecule has 1 aromatic heterocycles. The van der Waals surface area contributed by atoms with E-state index in [-0.39, 0.29) is 30.1 Å². The van der Waals surface area contributed by atoms with Gasteiger partial charge in [0, 0.05) is 45.8 Å². The number of hydrogen-bond acceptors (Lipinski definition) is 8. The Hall–Kier alpha value is -3.02. The highest BCUT2D eigenvalue weighted by molar-refractivity contribution is 6.00. The van der Waals surface area contributed by atoms with Crippen molar-refractivity contribution in [3.63, 3.8) is 0 Å². The molecule has 6 rings (SSSR count). The van der Waals surface area contributed by atoms with Gasteiger partial charge in [0.2, 0.25) is 5.91 Å². The molecule has 2 amide bonds. The van der Waals surface area contributed by atoms with E-state index in [0.717, 1.165) is 43.8 Å². The number of carbonyl (C=O) groups is 2. The maximum absolute atomic E-state index is 14.0. The zero-order valence-electron chi connectivity index (χ0n) is 24.8. The third kappa shape index (κ3) is 6.33. The minimum absolute atomic E-state index is 0.0220. The number of para-hydroxylation sites is 1. The molecule has 228 valence electrons. The first-order chi connectivity index (χ1) is 20.5. The van der Waals surface area contributed by atoms with Gasteiger partial charge < -0.3 is 24.4 Å². The number of methoxy groups -OCH3 is 1. The SMILES string of the molecule is COCc1cn([C@@H]2CC[C@H]3CCOc4ccccc4C(=O)N4CCN(C5CCC(C)CC5)C[C@H]4C(=O)NC[C@H]2O3)nn1. The fraction of sp³-hybridized carbons (Fsp3) is 0.677. The standard InChI is InChI=1S/C31H44N6O5/c1-21-7-9-23(10-8-21)35-14-15-36-27(19-35)30(38)32-17-29-26(37-18-22(20-40-2)33-34-37)12-11-24(42-29)13-16-41-28-6-4-3-5-25(28)31(36)39/h3-6,18,21,23-24,26-27,29H,7-17,19-20H2,1-2H3,(H,32,38)/t21?,23?,24-,26+,27-,29+/m0/s1. The molecular formula is C31H44N6O5. The molecule has 4 atom stereocenters. The van der Waals surface area contributed by atoms with Crippen LogP contribution in [0.25, 0.3) is 0 Å². The van der Waals surface area contributed by atoms with E-state index in [9.17, 15) is 9.59 Å². The van der Waals surface area contributed by atoms with Crippen LogP contribution in [-0.4, -0.2) is 101 Å². The summed E-state index contributed by atoms with van der Waals surface area (Å²) in [6.45, 7) is 5.28. The number of ether oxygens (including phenoxy) is 3. The number of hydrogen-bond donors (Lipinski definition) is 1. The summed E-state index contributed by atoms with van der Waals surface area (Å²) in [7, 11) is 1.64. The molecule has 4 aliphatic rings. The lowest BCUT2D eigenvalue weighted by atomic mass is 9.86. The van der Waals surface area contributed by atoms with E-state index in [4.69, 9.17) is 14.2 Å². The molecule has 0 radical (unpaired) electrons. The molecule has 4 heterocycles. The first-order valence-corrected chi connectivity index (χ1v) is 15.6. The van der Waals surface area contributed by atoms with Crippen molar-refractivity contribution in [1.29, 1.82) is 0 Å². The van der Waals surface area contributed by atoms with Crippen LogP contribution in [-0.2, 0) is 20.9 Å². The van der Waals surface area contributed by atoms with Crippen molar-refractivity contribution in [2.75, 3.05) is 39.9 Å². The van der Waals surface area contributed by atoms with Crippen LogP contribution in [0.5, 0.6) is 5.75 Å². The zero-order chi connectivity index (χ0) is 29.1. The van der Waals surface area contributed by atoms with Gasteiger partial charge >= 0.3 is 0 Å². The van der Waals surface area contributed by atoms with Crippen molar-refractivity contribution in [1.82, 2.24) is 30.1 Å². The summed E-state index contributed by atoms with van der Waals surface area (Å²) in [5.74, 6) is 1.01. The van der Waals surface area contributed by atoms with E-state index in [2.05, 4.69) is 27.5 Å². The number of aromatic nitrogens is 3. The van der Waals surface area contributed by atoms with Crippen molar-refractivity contribution >= 4 is 11.8 Å². The number of rotatable bonds is 4. The van der Waals surface area contributed by atoms with Crippen molar-refractivity contribution < 1.29 is 23.8 Å². The summed E-state index contributed by atoms with van der Waals surface area (Å²) >= 11 is 0. The maximum atomic E-state index is 14.0. The number of amides is 2. The molecule has 1 saturated carbocycles. The Morgan fingerprint density at radius 2 is 1.88 bits per heavy atom. The van der Waals surface area contributed by atoms with Crippen LogP contribution in [0.2, 0.25) is 0 Å². The van der Waals surface area contributed by atoms with Crippen LogP contribution in [0.1, 0.15) is 74.0 Å². The zero-order valence-corrected chi connectivity index (χ0v) is 24.8. The van der Waals surface area contributed by atoms with Gasteiger partial charge in [-0.05, 0) is 56.6 Å². The molecule has 11 heteroatoms. The van der Waals surface area contributed by atoms with Crippen LogP contribution < -0.4 is 10.1 Å². The van der Waals surface area contributed by atoms with Crippen LogP contribution in [0.3, 0.4) is 0 Å². The summed E-state index contributed by atoms with van der Waals surface area (Å²) in [4.78, 5) is 32.2. The fourth-order valence-electron chi connectivity index (χ4n) is 7.09. The topological polar surface area (TPSA) is 111 Å². The molecule has 3 aliphatic heterocycles. The minimum atomic E-state index is -0.598. The molecule has 0 spiro atoms. The van der Waals surface area contributed by atoms with Gasteiger partial charge in [0.1, 0.15) is 17.5 Å². The molecule has 1 N–H and O–H groups in total. The van der Waals surface area contributed by atoms with Crippen LogP contribution in [0.4, 0.5) is 0 Å². The summed E-state index contributed by atoms with van der Waals surface area (Å²) < 4.78 is 19.8. The Labute approximate surface area is 247 Å². The van der Waals surface area contributed by atoms with Crippen molar-refractivity contribution in [3.8, 4) is 5.75 Å². The average Bonchev–Trinajstić information content (AvgIpc) is 3.48. The monoisotopic (exact) mass is 580 g/mol. The van der Waals surface area contributed by atoms with Crippen LogP contribution in [0.15, 0.2) is 30.5 Å². The van der Waals surface area contributed by atoms with E-state index >= 15 is 0 Å². The molecular weight excluding hydrogens is 536 g/mol. The van der Waals surface area contributed by atoms with E-state index in [0.29, 0.717) is 56.6 Å². The second-order valence-corrected chi connectivity index (χ2v) is 12.4. The summed E-state index contributed by atoms with van der Waals surface area (Å²) in [5, 5.41) is 11.8. The Kier molecular flexibility index (Phi) is 9.06. The van der Waals surface area contributed by atoms with E-state index < -0.39 is 6.04 Å². The minimum Gasteiger partial charge on any atom is -0.493 e. The van der Waals surface area contributed by atoms with E-state index in [1.54, 1.807) is 18.1 Å². The predicted octanol–water partition coefficient (Wildman–Crippen LogP) is 2.82. The van der Waals surface area contributed by atoms with E-state index in [1.165, 1.54) is 12.8 Å². The number of nitrogens with zero attached hydrogens (tertiary/aromatic N) is 5. The Morgan fingerprint density at radius 3 is 2.71 bits per heavy atom. The van der Waals surface area contributed by atoms with Crippen molar-refractivity contribution in [3.05, 3.63) is 41.7 Å². The van der Waals surface area contributed by atoms with Gasteiger partial charge in [0.25, 0.3) is 5.91 Å². The molecule has 11 nitrogen and oxygen atoms in total. The number of benzene rings is 1. The third-order valence-corrected chi connectivity index (χ3v) is 9.54. The lowest BCUT2D eigenvalue weighted by Gasteiger charge is -2.45. The van der Waals surface area contributed by atoms with Gasteiger partial charge in [-0.15, -0.1) is 5.10 Å². The summed E-state index contributed by atoms with van der Waals surface area (Å²) in [6.07, 6.45) is 8.66. The molecule has 1 aromatic carbocycles. The van der Waals surface area contributed by atoms with Crippen molar-refractivity contribution in [2.24, 2.45) is 5.92 Å². The number of piperazine rings is 1. The molecule has 0 unspecified atom stereocenters. The fourth-order valence-corrected chi connectivity index (χ4v) is 7.09. The second-order valence-electron chi connectivity index (χ2n) is 12.4. The molecule has 2 aromatic rings. The first-order valence-electron chi connectivity index (χ1n) is 15.6. The Bertz CT molecular complexity index is 1230. The van der Waals surface area contributed by atoms with Gasteiger partial charge in [0.05, 0.1) is 43.2 Å². The third-order valence-electron chi connectivity index (χ3n) is 9.54. The van der Waals surface area contributed by atoms with Gasteiger partial charge in [-0.25, -0.2) is 4.68 Å². The highest BCUT2D eigenvalue weighted by atomic mass is 16.5. The maximum Gasteiger partial charge on any atom is 0.258 e. The van der Waals surface area contributed by atoms with Gasteiger partial charge in [-0.3, -0.25) is 14.5 Å². The lowest BCUT2D eigenvalue weighted by molar-refractivity contribution is -0.131. The average molecular weight is 581 g/mol. The largest absolute Gasteiger partial charge is 0.493 e. The van der Waals surface area contributed by atoms with Crippen LogP contribution >= 0.6 is 0 Å². The highest BCUT2D eigenvalue weighted by Crippen LogP contribution is 2.32. The highest BCUT2D eigenvalue weighted by Gasteiger charge is 2.40. The molecule has 42 heavy (non-hydrogen) atoms. The summed E-state index contributed by atoms with van der Waals surface area (Å²) in [6, 6.07) is 7.18. The molecule has 1 aliphatic carbocycles. The number of fused-ring (bicyclic) bond motifs is 4. The number of carbonyl (C=O) groups excluding carboxylic acids is 2. The van der Waals surface area contributed by atoms with Crippen LogP contribution in [0, 0.1) is 5.92 Å². The normalized spacial score (nSPS) is 31.3. The first kappa shape index (κ1) is 29.1. The smallest absolute Gasteiger partial charge is 0.258 e. The van der Waals surface area contributed by atoms with Gasteiger partial charge in [0.15, 0.2) is 0 Å². The molecule has 2 bridgehead atoms. The lowest BCUT2D eigenvalue weighted by Crippen LogP contribution is -2.63. The Morgan fingerprint density at radius 1 is 1.05 bits per heavy atom. The molecule has 2 saturated heterocycles.